The van der Waals surface area contributed by atoms with Gasteiger partial charge >= 0.3 is 21.3 Å². The van der Waals surface area contributed by atoms with Crippen molar-refractivity contribution >= 4 is 15.6 Å². The van der Waals surface area contributed by atoms with E-state index in [0.29, 0.717) is 0 Å². The average molecular weight is 426 g/mol. The molecule has 5 N–H and O–H groups in total. The molecule has 13 nitrogen and oxygen atoms in total. The van der Waals surface area contributed by atoms with Crippen molar-refractivity contribution in [3.05, 3.63) is 32.9 Å². The lowest BCUT2D eigenvalue weighted by Crippen LogP contribution is -2.37. The van der Waals surface area contributed by atoms with Crippen LogP contribution in [0, 0.1) is 5.82 Å². The first-order chi connectivity index (χ1) is 12.5. The predicted octanol–water partition coefficient (Wildman–Crippen LogP) is -1.15. The Labute approximate surface area is 144 Å². The predicted molar refractivity (Wildman–Crippen MR) is 74.8 cm³/mol. The molecule has 0 aliphatic carbocycles. The number of aromatic nitrogens is 2. The number of ether oxygens (including phenoxy) is 1. The summed E-state index contributed by atoms with van der Waals surface area (Å²) in [4.78, 5) is 50.3. The number of phosphoric ester groups is 1. The van der Waals surface area contributed by atoms with Gasteiger partial charge in [0.1, 0.15) is 12.7 Å². The highest BCUT2D eigenvalue weighted by atomic mass is 31.3. The molecule has 2 rings (SSSR count). The number of aliphatic hydroxyl groups is 1. The van der Waals surface area contributed by atoms with Crippen molar-refractivity contribution in [2.75, 3.05) is 6.56 Å². The van der Waals surface area contributed by atoms with E-state index in [0.717, 1.165) is 0 Å². The Kier molecular flexibility index (Phi) is 4.90. The van der Waals surface area contributed by atoms with E-state index in [9.17, 15) is 37.5 Å². The van der Waals surface area contributed by atoms with Gasteiger partial charge in [-0.05, 0) is 0 Å². The summed E-state index contributed by atoms with van der Waals surface area (Å²) in [6.07, 6.45) is -5.26. The molecule has 17 heteroatoms. The summed E-state index contributed by atoms with van der Waals surface area (Å²) in [6, 6.07) is 0. The average Bonchev–Trinajstić information content (AvgIpc) is 2.75. The van der Waals surface area contributed by atoms with Gasteiger partial charge in [0, 0.05) is 6.42 Å². The van der Waals surface area contributed by atoms with Crippen LogP contribution >= 0.6 is 15.6 Å². The minimum absolute atomic E-state index is 0.184. The maximum Gasteiger partial charge on any atom is 0.481 e. The fraction of sp³-hybridized carbons (Fsp3) is 0.556. The fourth-order valence-electron chi connectivity index (χ4n) is 1.92. The van der Waals surface area contributed by atoms with Gasteiger partial charge in [0.05, 0.1) is 8.94 Å². The topological polar surface area (TPSA) is 198 Å². The number of aliphatic hydroxyl groups excluding tert-OH is 1. The molecular formula is C9H12F2N2O11P2. The van der Waals surface area contributed by atoms with Crippen molar-refractivity contribution in [2.45, 2.75) is 24.6 Å². The van der Waals surface area contributed by atoms with Crippen LogP contribution in [0.25, 0.3) is 0 Å². The van der Waals surface area contributed by atoms with E-state index in [4.69, 9.17) is 12.5 Å². The molecular weight excluding hydrogens is 412 g/mol. The number of hydrogen-bond donors (Lipinski definition) is 5. The highest BCUT2D eigenvalue weighted by molar-refractivity contribution is 7.60. The van der Waals surface area contributed by atoms with Crippen LogP contribution < -0.4 is 11.2 Å². The zero-order valence-corrected chi connectivity index (χ0v) is 14.0. The van der Waals surface area contributed by atoms with Gasteiger partial charge in [-0.25, -0.2) is 18.3 Å². The van der Waals surface area contributed by atoms with E-state index in [2.05, 4.69) is 13.6 Å². The van der Waals surface area contributed by atoms with Crippen LogP contribution in [-0.4, -0.2) is 47.9 Å². The second-order valence-electron chi connectivity index (χ2n) is 4.89. The summed E-state index contributed by atoms with van der Waals surface area (Å²) >= 11 is 0. The molecule has 2 heterocycles. The third-order valence-electron chi connectivity index (χ3n) is 2.83. The number of hydrogen-bond acceptors (Lipinski definition) is 8. The molecule has 4 atom stereocenters. The zero-order chi connectivity index (χ0) is 21.7. The molecule has 0 spiro atoms. The van der Waals surface area contributed by atoms with Crippen LogP contribution in [-0.2, 0) is 22.7 Å². The Bertz CT molecular complexity index is 980. The van der Waals surface area contributed by atoms with Crippen LogP contribution in [0.15, 0.2) is 15.8 Å². The largest absolute Gasteiger partial charge is 0.481 e. The number of phosphoric acid groups is 2. The standard InChI is InChI=1S/C9H12F2N2O11P2/c10-4-2-13(8(16)12-6(4)15)7-5(14)1-9(11,23-7)3-22-26(20,21)24-25(17,18)19/h2,5,7,14H,1,3H2,(H,20,21)(H,12,15,16)(H2,17,18,19)/t5-,7-,9+/m1/s1/i3D2. The van der Waals surface area contributed by atoms with Crippen molar-refractivity contribution < 1.29 is 54.0 Å². The summed E-state index contributed by atoms with van der Waals surface area (Å²) in [6.45, 7) is -3.97. The number of nitrogens with zero attached hydrogens (tertiary/aromatic N) is 1. The summed E-state index contributed by atoms with van der Waals surface area (Å²) < 4.78 is 77.0. The molecule has 148 valence electrons. The molecule has 1 fully saturated rings. The van der Waals surface area contributed by atoms with Crippen molar-refractivity contribution in [1.82, 2.24) is 9.55 Å². The van der Waals surface area contributed by atoms with Crippen LogP contribution in [0.2, 0.25) is 0 Å². The van der Waals surface area contributed by atoms with Crippen LogP contribution in [0.4, 0.5) is 8.78 Å². The Morgan fingerprint density at radius 2 is 2.08 bits per heavy atom. The first-order valence-corrected chi connectivity index (χ1v) is 9.35. The van der Waals surface area contributed by atoms with Crippen molar-refractivity contribution in [3.8, 4) is 0 Å². The number of nitrogens with one attached hydrogen (secondary N) is 1. The zero-order valence-electron chi connectivity index (χ0n) is 14.2. The first-order valence-electron chi connectivity index (χ1n) is 7.33. The third kappa shape index (κ3) is 5.13. The molecule has 0 bridgehead atoms. The summed E-state index contributed by atoms with van der Waals surface area (Å²) in [5.74, 6) is -5.30. The normalized spacial score (nSPS) is 30.5. The van der Waals surface area contributed by atoms with Crippen molar-refractivity contribution in [3.63, 3.8) is 0 Å². The SMILES string of the molecule is [2H]C([2H])(OP(=O)(O)OP(=O)(O)O)[C@]1(F)C[C@@H](O)[C@H](n2cc(F)c(=O)[nH]c2=O)O1. The monoisotopic (exact) mass is 426 g/mol. The molecule has 0 radical (unpaired) electrons. The van der Waals surface area contributed by atoms with Crippen LogP contribution in [0.5, 0.6) is 0 Å². The molecule has 1 saturated heterocycles. The smallest absolute Gasteiger partial charge is 0.388 e. The molecule has 1 unspecified atom stereocenters. The van der Waals surface area contributed by atoms with Crippen LogP contribution in [0.3, 0.4) is 0 Å². The van der Waals surface area contributed by atoms with E-state index < -0.39 is 63.9 Å². The molecule has 0 aromatic carbocycles. The maximum absolute atomic E-state index is 14.9. The summed E-state index contributed by atoms with van der Waals surface area (Å²) in [7, 11) is -11.5. The van der Waals surface area contributed by atoms with E-state index in [-0.39, 0.29) is 10.8 Å². The minimum atomic E-state index is -5.88. The number of H-pyrrole nitrogens is 1. The van der Waals surface area contributed by atoms with Gasteiger partial charge in [0.25, 0.3) is 5.56 Å². The highest BCUT2D eigenvalue weighted by Gasteiger charge is 2.50. The van der Waals surface area contributed by atoms with Crippen molar-refractivity contribution in [1.29, 1.82) is 0 Å². The van der Waals surface area contributed by atoms with Gasteiger partial charge in [-0.1, -0.05) is 0 Å². The summed E-state index contributed by atoms with van der Waals surface area (Å²) in [5, 5.41) is 9.86. The van der Waals surface area contributed by atoms with E-state index >= 15 is 0 Å². The fourth-order valence-corrected chi connectivity index (χ4v) is 3.38. The van der Waals surface area contributed by atoms with Crippen molar-refractivity contribution in [2.24, 2.45) is 0 Å². The van der Waals surface area contributed by atoms with E-state index in [1.54, 1.807) is 0 Å². The lowest BCUT2D eigenvalue weighted by molar-refractivity contribution is -0.178. The molecule has 1 aromatic heterocycles. The molecule has 1 aliphatic heterocycles. The lowest BCUT2D eigenvalue weighted by atomic mass is 10.2. The quantitative estimate of drug-likeness (QED) is 0.344. The number of alkyl halides is 1. The van der Waals surface area contributed by atoms with Gasteiger partial charge in [-0.2, -0.15) is 8.70 Å². The van der Waals surface area contributed by atoms with E-state index in [1.165, 1.54) is 4.98 Å². The highest BCUT2D eigenvalue weighted by Crippen LogP contribution is 2.58. The molecule has 0 saturated carbocycles. The number of halogens is 2. The molecule has 1 aromatic rings. The third-order valence-corrected chi connectivity index (χ3v) is 4.83. The van der Waals surface area contributed by atoms with Gasteiger partial charge in [-0.3, -0.25) is 18.9 Å². The second kappa shape index (κ2) is 7.03. The maximum atomic E-state index is 14.9. The Morgan fingerprint density at radius 3 is 2.65 bits per heavy atom. The minimum Gasteiger partial charge on any atom is -0.388 e. The lowest BCUT2D eigenvalue weighted by Gasteiger charge is -2.22. The molecule has 1 aliphatic rings. The Hall–Kier alpha value is -1.28. The Morgan fingerprint density at radius 1 is 1.46 bits per heavy atom. The van der Waals surface area contributed by atoms with E-state index in [1.807, 2.05) is 0 Å². The summed E-state index contributed by atoms with van der Waals surface area (Å²) in [5.41, 5.74) is -2.80. The number of rotatable bonds is 6. The van der Waals surface area contributed by atoms with Gasteiger partial charge < -0.3 is 24.5 Å². The molecule has 26 heavy (non-hydrogen) atoms. The van der Waals surface area contributed by atoms with Gasteiger partial charge in [-0.15, -0.1) is 0 Å². The second-order valence-corrected chi connectivity index (χ2v) is 7.64. The molecule has 0 amide bonds. The number of aromatic amines is 1. The van der Waals surface area contributed by atoms with Crippen LogP contribution in [0.1, 0.15) is 15.4 Å². The van der Waals surface area contributed by atoms with Gasteiger partial charge in [0.2, 0.25) is 11.7 Å². The Balaban J connectivity index is 2.33. The van der Waals surface area contributed by atoms with Gasteiger partial charge in [0.15, 0.2) is 6.23 Å². The first kappa shape index (κ1) is 18.1.